The van der Waals surface area contributed by atoms with Crippen LogP contribution in [0.1, 0.15) is 56.3 Å². The number of halogens is 1. The van der Waals surface area contributed by atoms with E-state index >= 15 is 0 Å². The lowest BCUT2D eigenvalue weighted by Gasteiger charge is -2.24. The van der Waals surface area contributed by atoms with E-state index in [0.717, 1.165) is 17.7 Å². The first-order chi connectivity index (χ1) is 10.0. The molecule has 5 nitrogen and oxygen atoms in total. The summed E-state index contributed by atoms with van der Waals surface area (Å²) in [4.78, 5) is 12.5. The lowest BCUT2D eigenvalue weighted by Crippen LogP contribution is -2.43. The molecule has 1 saturated carbocycles. The number of nitrogens with one attached hydrogen (secondary N) is 2. The molecule has 1 saturated heterocycles. The predicted molar refractivity (Wildman–Crippen MR) is 89.0 cm³/mol. The van der Waals surface area contributed by atoms with Crippen LogP contribution in [0.2, 0.25) is 0 Å². The summed E-state index contributed by atoms with van der Waals surface area (Å²) in [6, 6.07) is 0.554. The molecule has 0 aromatic carbocycles. The van der Waals surface area contributed by atoms with E-state index in [0.29, 0.717) is 12.0 Å². The molecular formula is C16H27ClN4O. The second-order valence-corrected chi connectivity index (χ2v) is 6.68. The first-order valence-corrected chi connectivity index (χ1v) is 8.11. The van der Waals surface area contributed by atoms with E-state index in [1.165, 1.54) is 25.7 Å². The minimum Gasteiger partial charge on any atom is -0.348 e. The first-order valence-electron chi connectivity index (χ1n) is 8.11. The van der Waals surface area contributed by atoms with Gasteiger partial charge in [-0.15, -0.1) is 12.4 Å². The Morgan fingerprint density at radius 2 is 2.18 bits per heavy atom. The molecule has 2 fully saturated rings. The van der Waals surface area contributed by atoms with Crippen molar-refractivity contribution >= 4 is 18.3 Å². The zero-order valence-electron chi connectivity index (χ0n) is 13.6. The van der Waals surface area contributed by atoms with E-state index in [9.17, 15) is 4.79 Å². The molecule has 3 rings (SSSR count). The van der Waals surface area contributed by atoms with E-state index < -0.39 is 0 Å². The SMILES string of the molecule is Cc1nn(C)cc1C(C)NC(=O)C1CC2CCCCC2N1.Cl. The second-order valence-electron chi connectivity index (χ2n) is 6.68. The maximum atomic E-state index is 12.5. The molecule has 0 spiro atoms. The van der Waals surface area contributed by atoms with Gasteiger partial charge in [-0.3, -0.25) is 9.48 Å². The topological polar surface area (TPSA) is 59.0 Å². The average molecular weight is 327 g/mol. The minimum atomic E-state index is -0.0162. The van der Waals surface area contributed by atoms with E-state index in [1.807, 2.05) is 27.1 Å². The molecule has 1 amide bonds. The normalized spacial score (nSPS) is 28.6. The van der Waals surface area contributed by atoms with Crippen molar-refractivity contribution in [3.8, 4) is 0 Å². The van der Waals surface area contributed by atoms with Crippen molar-refractivity contribution in [2.75, 3.05) is 0 Å². The van der Waals surface area contributed by atoms with E-state index in [4.69, 9.17) is 0 Å². The molecule has 1 aromatic rings. The van der Waals surface area contributed by atoms with Gasteiger partial charge in [0, 0.05) is 24.8 Å². The molecule has 1 aliphatic heterocycles. The van der Waals surface area contributed by atoms with Gasteiger partial charge >= 0.3 is 0 Å². The maximum absolute atomic E-state index is 12.5. The summed E-state index contributed by atoms with van der Waals surface area (Å²) < 4.78 is 1.80. The Labute approximate surface area is 138 Å². The quantitative estimate of drug-likeness (QED) is 0.895. The standard InChI is InChI=1S/C16H26N4O.ClH/c1-10(13-9-20(3)19-11(13)2)17-16(21)15-8-12-6-4-5-7-14(12)18-15;/h9-10,12,14-15,18H,4-8H2,1-3H3,(H,17,21);1H. The van der Waals surface area contributed by atoms with Crippen LogP contribution in [-0.4, -0.2) is 27.8 Å². The molecule has 2 aliphatic rings. The Hall–Kier alpha value is -1.07. The van der Waals surface area contributed by atoms with Crippen LogP contribution in [0.3, 0.4) is 0 Å². The van der Waals surface area contributed by atoms with Gasteiger partial charge in [-0.05, 0) is 39.0 Å². The van der Waals surface area contributed by atoms with Crippen LogP contribution < -0.4 is 10.6 Å². The summed E-state index contributed by atoms with van der Waals surface area (Å²) in [6.07, 6.45) is 8.11. The molecule has 0 bridgehead atoms. The number of fused-ring (bicyclic) bond motifs is 1. The van der Waals surface area contributed by atoms with Crippen molar-refractivity contribution in [1.29, 1.82) is 0 Å². The maximum Gasteiger partial charge on any atom is 0.237 e. The third-order valence-corrected chi connectivity index (χ3v) is 5.06. The summed E-state index contributed by atoms with van der Waals surface area (Å²) in [6.45, 7) is 4.02. The second kappa shape index (κ2) is 7.01. The van der Waals surface area contributed by atoms with Crippen LogP contribution in [0.15, 0.2) is 6.20 Å². The van der Waals surface area contributed by atoms with Gasteiger partial charge in [0.2, 0.25) is 5.91 Å². The number of hydrogen-bond donors (Lipinski definition) is 2. The number of rotatable bonds is 3. The summed E-state index contributed by atoms with van der Waals surface area (Å²) >= 11 is 0. The number of hydrogen-bond acceptors (Lipinski definition) is 3. The van der Waals surface area contributed by atoms with E-state index in [-0.39, 0.29) is 30.4 Å². The Morgan fingerprint density at radius 1 is 1.45 bits per heavy atom. The molecule has 6 heteroatoms. The molecule has 0 radical (unpaired) electrons. The molecule has 124 valence electrons. The highest BCUT2D eigenvalue weighted by Gasteiger charge is 2.38. The fourth-order valence-electron chi connectivity index (χ4n) is 3.96. The van der Waals surface area contributed by atoms with Gasteiger partial charge in [-0.1, -0.05) is 12.8 Å². The number of aromatic nitrogens is 2. The molecule has 2 heterocycles. The zero-order chi connectivity index (χ0) is 15.0. The number of carbonyl (C=O) groups excluding carboxylic acids is 1. The third kappa shape index (κ3) is 3.46. The van der Waals surface area contributed by atoms with Crippen molar-refractivity contribution < 1.29 is 4.79 Å². The van der Waals surface area contributed by atoms with E-state index in [2.05, 4.69) is 15.7 Å². The Kier molecular flexibility index (Phi) is 5.50. The highest BCUT2D eigenvalue weighted by molar-refractivity contribution is 5.85. The summed E-state index contributed by atoms with van der Waals surface area (Å²) in [5.74, 6) is 0.838. The van der Waals surface area contributed by atoms with Gasteiger partial charge in [0.1, 0.15) is 0 Å². The van der Waals surface area contributed by atoms with E-state index in [1.54, 1.807) is 4.68 Å². The Balaban J connectivity index is 0.00000176. The average Bonchev–Trinajstić information content (AvgIpc) is 3.01. The summed E-state index contributed by atoms with van der Waals surface area (Å²) in [7, 11) is 1.91. The van der Waals surface area contributed by atoms with Crippen molar-refractivity contribution in [1.82, 2.24) is 20.4 Å². The lowest BCUT2D eigenvalue weighted by atomic mass is 9.85. The Bertz CT molecular complexity index is 516. The molecule has 1 aliphatic carbocycles. The minimum absolute atomic E-state index is 0. The largest absolute Gasteiger partial charge is 0.348 e. The summed E-state index contributed by atoms with van der Waals surface area (Å²) in [5.41, 5.74) is 2.08. The van der Waals surface area contributed by atoms with Gasteiger partial charge in [0.15, 0.2) is 0 Å². The smallest absolute Gasteiger partial charge is 0.237 e. The van der Waals surface area contributed by atoms with Gasteiger partial charge in [0.05, 0.1) is 17.8 Å². The molecule has 4 unspecified atom stereocenters. The van der Waals surface area contributed by atoms with Crippen molar-refractivity contribution in [2.24, 2.45) is 13.0 Å². The first kappa shape index (κ1) is 17.3. The van der Waals surface area contributed by atoms with Gasteiger partial charge in [0.25, 0.3) is 0 Å². The zero-order valence-corrected chi connectivity index (χ0v) is 14.4. The molecule has 2 N–H and O–H groups in total. The van der Waals surface area contributed by atoms with Gasteiger partial charge < -0.3 is 10.6 Å². The fourth-order valence-corrected chi connectivity index (χ4v) is 3.96. The Morgan fingerprint density at radius 3 is 2.82 bits per heavy atom. The fraction of sp³-hybridized carbons (Fsp3) is 0.750. The lowest BCUT2D eigenvalue weighted by molar-refractivity contribution is -0.123. The highest BCUT2D eigenvalue weighted by atomic mass is 35.5. The van der Waals surface area contributed by atoms with Crippen molar-refractivity contribution in [2.45, 2.75) is 64.1 Å². The van der Waals surface area contributed by atoms with Crippen LogP contribution in [0.4, 0.5) is 0 Å². The number of carbonyl (C=O) groups is 1. The number of amides is 1. The summed E-state index contributed by atoms with van der Waals surface area (Å²) in [5, 5.41) is 11.0. The molecule has 4 atom stereocenters. The van der Waals surface area contributed by atoms with Crippen LogP contribution in [0.25, 0.3) is 0 Å². The van der Waals surface area contributed by atoms with Crippen molar-refractivity contribution in [3.63, 3.8) is 0 Å². The monoisotopic (exact) mass is 326 g/mol. The van der Waals surface area contributed by atoms with Crippen molar-refractivity contribution in [3.05, 3.63) is 17.5 Å². The van der Waals surface area contributed by atoms with Crippen LogP contribution >= 0.6 is 12.4 Å². The van der Waals surface area contributed by atoms with Crippen LogP contribution in [0, 0.1) is 12.8 Å². The van der Waals surface area contributed by atoms with Crippen LogP contribution in [0.5, 0.6) is 0 Å². The molecular weight excluding hydrogens is 300 g/mol. The number of aryl methyl sites for hydroxylation is 2. The van der Waals surface area contributed by atoms with Gasteiger partial charge in [-0.2, -0.15) is 5.10 Å². The molecule has 22 heavy (non-hydrogen) atoms. The molecule has 1 aromatic heterocycles. The van der Waals surface area contributed by atoms with Crippen LogP contribution in [-0.2, 0) is 11.8 Å². The van der Waals surface area contributed by atoms with Gasteiger partial charge in [-0.25, -0.2) is 0 Å². The number of nitrogens with zero attached hydrogens (tertiary/aromatic N) is 2. The third-order valence-electron chi connectivity index (χ3n) is 5.06. The predicted octanol–water partition coefficient (Wildman–Crippen LogP) is 2.25. The highest BCUT2D eigenvalue weighted by Crippen LogP contribution is 2.33.